The van der Waals surface area contributed by atoms with Crippen LogP contribution in [-0.2, 0) is 6.42 Å². The maximum Gasteiger partial charge on any atom is 0.269 e. The summed E-state index contributed by atoms with van der Waals surface area (Å²) in [5, 5.41) is 14.5. The van der Waals surface area contributed by atoms with Gasteiger partial charge in [-0.2, -0.15) is 0 Å². The first-order valence-electron chi connectivity index (χ1n) is 8.40. The molecule has 26 heavy (non-hydrogen) atoms. The molecule has 0 aromatic heterocycles. The quantitative estimate of drug-likeness (QED) is 0.498. The molecule has 3 rings (SSSR count). The summed E-state index contributed by atoms with van der Waals surface area (Å²) in [4.78, 5) is 10.7. The Morgan fingerprint density at radius 2 is 1.65 bits per heavy atom. The summed E-state index contributed by atoms with van der Waals surface area (Å²) in [5.41, 5.74) is 2.88. The second kappa shape index (κ2) is 8.36. The van der Waals surface area contributed by atoms with E-state index in [0.29, 0.717) is 6.54 Å². The van der Waals surface area contributed by atoms with E-state index in [1.807, 2.05) is 24.3 Å². The van der Waals surface area contributed by atoms with Gasteiger partial charge in [0, 0.05) is 18.7 Å². The molecule has 0 aliphatic heterocycles. The summed E-state index contributed by atoms with van der Waals surface area (Å²) in [7, 11) is 0. The minimum atomic E-state index is -0.408. The van der Waals surface area contributed by atoms with Gasteiger partial charge in [-0.1, -0.05) is 54.6 Å². The lowest BCUT2D eigenvalue weighted by molar-refractivity contribution is -0.384. The van der Waals surface area contributed by atoms with Gasteiger partial charge in [-0.3, -0.25) is 10.1 Å². The van der Waals surface area contributed by atoms with Crippen molar-refractivity contribution in [3.63, 3.8) is 0 Å². The molecule has 0 aliphatic carbocycles. The largest absolute Gasteiger partial charge is 0.306 e. The molecular formula is C21H19FN2O2. The van der Waals surface area contributed by atoms with E-state index in [4.69, 9.17) is 0 Å². The standard InChI is InChI=1S/C21H19FN2O2/c22-19-11-9-17(10-12-19)21(18-7-4-8-20(15-18)24(25)26)23-14-13-16-5-2-1-3-6-16/h1-12,15,21,23H,13-14H2/t21-/m1/s1. The van der Waals surface area contributed by atoms with Gasteiger partial charge in [0.2, 0.25) is 0 Å². The molecule has 0 spiro atoms. The van der Waals surface area contributed by atoms with Crippen LogP contribution in [0.2, 0.25) is 0 Å². The maximum atomic E-state index is 13.3. The Morgan fingerprint density at radius 1 is 0.923 bits per heavy atom. The molecule has 0 aliphatic rings. The van der Waals surface area contributed by atoms with E-state index >= 15 is 0 Å². The zero-order chi connectivity index (χ0) is 18.4. The minimum absolute atomic E-state index is 0.0412. The molecule has 0 heterocycles. The molecular weight excluding hydrogens is 331 g/mol. The molecule has 0 saturated carbocycles. The molecule has 1 atom stereocenters. The van der Waals surface area contributed by atoms with Gasteiger partial charge in [0.1, 0.15) is 5.82 Å². The molecule has 0 bridgehead atoms. The summed E-state index contributed by atoms with van der Waals surface area (Å²) in [6, 6.07) is 22.6. The summed E-state index contributed by atoms with van der Waals surface area (Å²) in [6.07, 6.45) is 0.827. The normalized spacial score (nSPS) is 11.9. The number of nitro groups is 1. The fraction of sp³-hybridized carbons (Fsp3) is 0.143. The van der Waals surface area contributed by atoms with Crippen LogP contribution in [-0.4, -0.2) is 11.5 Å². The third-order valence-corrected chi connectivity index (χ3v) is 4.22. The van der Waals surface area contributed by atoms with Gasteiger partial charge in [-0.25, -0.2) is 4.39 Å². The van der Waals surface area contributed by atoms with Crippen LogP contribution in [0.5, 0.6) is 0 Å². The average Bonchev–Trinajstić information content (AvgIpc) is 2.67. The van der Waals surface area contributed by atoms with Gasteiger partial charge in [0.05, 0.1) is 11.0 Å². The van der Waals surface area contributed by atoms with Crippen molar-refractivity contribution in [3.05, 3.63) is 111 Å². The van der Waals surface area contributed by atoms with E-state index in [2.05, 4.69) is 17.4 Å². The van der Waals surface area contributed by atoms with Crippen molar-refractivity contribution in [1.82, 2.24) is 5.32 Å². The predicted molar refractivity (Wildman–Crippen MR) is 99.5 cm³/mol. The minimum Gasteiger partial charge on any atom is -0.306 e. The molecule has 0 fully saturated rings. The number of non-ortho nitro benzene ring substituents is 1. The van der Waals surface area contributed by atoms with Crippen molar-refractivity contribution in [2.75, 3.05) is 6.54 Å². The Kier molecular flexibility index (Phi) is 5.71. The highest BCUT2D eigenvalue weighted by Crippen LogP contribution is 2.25. The van der Waals surface area contributed by atoms with Crippen molar-refractivity contribution in [3.8, 4) is 0 Å². The SMILES string of the molecule is O=[N+]([O-])c1cccc([C@H](NCCc2ccccc2)c2ccc(F)cc2)c1. The van der Waals surface area contributed by atoms with Crippen LogP contribution in [0, 0.1) is 15.9 Å². The molecule has 3 aromatic carbocycles. The van der Waals surface area contributed by atoms with E-state index in [-0.39, 0.29) is 17.5 Å². The molecule has 4 nitrogen and oxygen atoms in total. The smallest absolute Gasteiger partial charge is 0.269 e. The van der Waals surface area contributed by atoms with E-state index in [1.54, 1.807) is 24.3 Å². The molecule has 5 heteroatoms. The zero-order valence-electron chi connectivity index (χ0n) is 14.1. The first-order chi connectivity index (χ1) is 12.6. The lowest BCUT2D eigenvalue weighted by atomic mass is 9.98. The fourth-order valence-corrected chi connectivity index (χ4v) is 2.91. The Bertz CT molecular complexity index is 867. The second-order valence-electron chi connectivity index (χ2n) is 6.03. The number of benzene rings is 3. The van der Waals surface area contributed by atoms with Gasteiger partial charge in [0.25, 0.3) is 5.69 Å². The van der Waals surface area contributed by atoms with Crippen molar-refractivity contribution < 1.29 is 9.31 Å². The zero-order valence-corrected chi connectivity index (χ0v) is 14.1. The van der Waals surface area contributed by atoms with Crippen LogP contribution in [0.1, 0.15) is 22.7 Å². The first kappa shape index (κ1) is 17.8. The van der Waals surface area contributed by atoms with Crippen LogP contribution >= 0.6 is 0 Å². The number of hydrogen-bond acceptors (Lipinski definition) is 3. The fourth-order valence-electron chi connectivity index (χ4n) is 2.91. The maximum absolute atomic E-state index is 13.3. The lowest BCUT2D eigenvalue weighted by Crippen LogP contribution is -2.25. The van der Waals surface area contributed by atoms with Gasteiger partial charge in [-0.05, 0) is 35.2 Å². The Balaban J connectivity index is 1.83. The van der Waals surface area contributed by atoms with E-state index in [1.165, 1.54) is 23.8 Å². The highest BCUT2D eigenvalue weighted by molar-refractivity contribution is 5.40. The van der Waals surface area contributed by atoms with Gasteiger partial charge in [0.15, 0.2) is 0 Å². The number of nitro benzene ring substituents is 1. The Morgan fingerprint density at radius 3 is 2.35 bits per heavy atom. The number of rotatable bonds is 7. The summed E-state index contributed by atoms with van der Waals surface area (Å²) in [5.74, 6) is -0.309. The molecule has 0 saturated heterocycles. The molecule has 0 radical (unpaired) electrons. The highest BCUT2D eigenvalue weighted by Gasteiger charge is 2.16. The van der Waals surface area contributed by atoms with E-state index in [9.17, 15) is 14.5 Å². The molecule has 132 valence electrons. The summed E-state index contributed by atoms with van der Waals surface area (Å²) < 4.78 is 13.3. The first-order valence-corrected chi connectivity index (χ1v) is 8.40. The lowest BCUT2D eigenvalue weighted by Gasteiger charge is -2.20. The van der Waals surface area contributed by atoms with E-state index in [0.717, 1.165) is 17.5 Å². The molecule has 1 N–H and O–H groups in total. The average molecular weight is 350 g/mol. The number of halogens is 1. The topological polar surface area (TPSA) is 55.2 Å². The molecule has 0 unspecified atom stereocenters. The van der Waals surface area contributed by atoms with E-state index < -0.39 is 4.92 Å². The van der Waals surface area contributed by atoms with Crippen LogP contribution in [0.3, 0.4) is 0 Å². The van der Waals surface area contributed by atoms with Gasteiger partial charge in [-0.15, -0.1) is 0 Å². The van der Waals surface area contributed by atoms with Crippen LogP contribution in [0.4, 0.5) is 10.1 Å². The third kappa shape index (κ3) is 4.52. The monoisotopic (exact) mass is 350 g/mol. The summed E-state index contributed by atoms with van der Waals surface area (Å²) >= 11 is 0. The van der Waals surface area contributed by atoms with Crippen LogP contribution in [0.15, 0.2) is 78.9 Å². The van der Waals surface area contributed by atoms with Crippen LogP contribution in [0.25, 0.3) is 0 Å². The van der Waals surface area contributed by atoms with Crippen molar-refractivity contribution in [2.24, 2.45) is 0 Å². The second-order valence-corrected chi connectivity index (χ2v) is 6.03. The number of nitrogens with zero attached hydrogens (tertiary/aromatic N) is 1. The molecule has 0 amide bonds. The van der Waals surface area contributed by atoms with Crippen molar-refractivity contribution in [2.45, 2.75) is 12.5 Å². The van der Waals surface area contributed by atoms with Gasteiger partial charge < -0.3 is 5.32 Å². The molecule has 3 aromatic rings. The van der Waals surface area contributed by atoms with Crippen molar-refractivity contribution in [1.29, 1.82) is 0 Å². The van der Waals surface area contributed by atoms with Crippen LogP contribution < -0.4 is 5.32 Å². The van der Waals surface area contributed by atoms with Crippen molar-refractivity contribution >= 4 is 5.69 Å². The number of nitrogens with one attached hydrogen (secondary N) is 1. The number of hydrogen-bond donors (Lipinski definition) is 1. The van der Waals surface area contributed by atoms with Gasteiger partial charge >= 0.3 is 0 Å². The third-order valence-electron chi connectivity index (χ3n) is 4.22. The highest BCUT2D eigenvalue weighted by atomic mass is 19.1. The Labute approximate surface area is 151 Å². The predicted octanol–water partition coefficient (Wildman–Crippen LogP) is 4.66. The Hall–Kier alpha value is -3.05. The summed E-state index contributed by atoms with van der Waals surface area (Å²) in [6.45, 7) is 0.689.